The van der Waals surface area contributed by atoms with Gasteiger partial charge in [-0.05, 0) is 60.9 Å². The quantitative estimate of drug-likeness (QED) is 0.779. The van der Waals surface area contributed by atoms with Gasteiger partial charge in [0.25, 0.3) is 5.91 Å². The third-order valence-corrected chi connectivity index (χ3v) is 4.86. The van der Waals surface area contributed by atoms with Gasteiger partial charge in [-0.2, -0.15) is 0 Å². The molecule has 1 aliphatic heterocycles. The molecule has 0 unspecified atom stereocenters. The highest BCUT2D eigenvalue weighted by molar-refractivity contribution is 9.10. The Hall–Kier alpha value is -1.64. The molecule has 3 rings (SSSR count). The number of halogens is 2. The molecule has 0 atom stereocenters. The second-order valence-corrected chi connectivity index (χ2v) is 6.61. The first kappa shape index (κ1) is 19.7. The molecule has 2 N–H and O–H groups in total. The lowest BCUT2D eigenvalue weighted by atomic mass is 10.1. The van der Waals surface area contributed by atoms with E-state index >= 15 is 0 Å². The Balaban J connectivity index is 0.00000225. The van der Waals surface area contributed by atoms with Gasteiger partial charge in [-0.15, -0.1) is 17.5 Å². The van der Waals surface area contributed by atoms with Gasteiger partial charge in [0.05, 0.1) is 23.3 Å². The van der Waals surface area contributed by atoms with Crippen LogP contribution in [0.3, 0.4) is 0 Å². The van der Waals surface area contributed by atoms with E-state index < -0.39 is 0 Å². The minimum absolute atomic E-state index is 0. The van der Waals surface area contributed by atoms with Crippen molar-refractivity contribution in [1.82, 2.24) is 20.3 Å². The lowest BCUT2D eigenvalue weighted by Gasteiger charge is -2.23. The van der Waals surface area contributed by atoms with Crippen molar-refractivity contribution in [3.05, 3.63) is 34.1 Å². The standard InChI is InChI=1S/C16H20BrN5O2.ClH/c1-10-15(20-21-22(10)12-5-7-18-8-6-12)16(23)19-11-3-4-13(17)14(9-11)24-2;/h3-4,9,12,18H,5-8H2,1-2H3,(H,19,23);1H. The Morgan fingerprint density at radius 3 is 2.80 bits per heavy atom. The van der Waals surface area contributed by atoms with Gasteiger partial charge >= 0.3 is 0 Å². The summed E-state index contributed by atoms with van der Waals surface area (Å²) < 4.78 is 7.95. The largest absolute Gasteiger partial charge is 0.495 e. The number of methoxy groups -OCH3 is 1. The molecule has 1 amide bonds. The first-order chi connectivity index (χ1) is 11.6. The number of nitrogens with zero attached hydrogens (tertiary/aromatic N) is 3. The molecule has 2 aromatic rings. The van der Waals surface area contributed by atoms with E-state index in [1.165, 1.54) is 0 Å². The molecule has 0 bridgehead atoms. The van der Waals surface area contributed by atoms with Gasteiger partial charge in [-0.25, -0.2) is 4.68 Å². The maximum Gasteiger partial charge on any atom is 0.278 e. The van der Waals surface area contributed by atoms with Gasteiger partial charge in [-0.3, -0.25) is 4.79 Å². The highest BCUT2D eigenvalue weighted by atomic mass is 79.9. The Morgan fingerprint density at radius 1 is 1.40 bits per heavy atom. The van der Waals surface area contributed by atoms with Crippen molar-refractivity contribution in [2.24, 2.45) is 0 Å². The number of hydrogen-bond donors (Lipinski definition) is 2. The van der Waals surface area contributed by atoms with Gasteiger partial charge in [-0.1, -0.05) is 5.21 Å². The molecule has 1 aromatic heterocycles. The first-order valence-electron chi connectivity index (χ1n) is 7.87. The van der Waals surface area contributed by atoms with E-state index in [4.69, 9.17) is 4.74 Å². The summed E-state index contributed by atoms with van der Waals surface area (Å²) >= 11 is 3.39. The Labute approximate surface area is 161 Å². The van der Waals surface area contributed by atoms with Gasteiger partial charge < -0.3 is 15.4 Å². The first-order valence-corrected chi connectivity index (χ1v) is 8.67. The number of rotatable bonds is 4. The van der Waals surface area contributed by atoms with Crippen molar-refractivity contribution < 1.29 is 9.53 Å². The molecular weight excluding hydrogens is 410 g/mol. The van der Waals surface area contributed by atoms with Gasteiger partial charge in [0.1, 0.15) is 5.75 Å². The summed E-state index contributed by atoms with van der Waals surface area (Å²) in [6.45, 7) is 3.81. The van der Waals surface area contributed by atoms with Crippen LogP contribution in [0, 0.1) is 6.92 Å². The molecule has 25 heavy (non-hydrogen) atoms. The highest BCUT2D eigenvalue weighted by Gasteiger charge is 2.23. The van der Waals surface area contributed by atoms with Crippen molar-refractivity contribution >= 4 is 39.9 Å². The summed E-state index contributed by atoms with van der Waals surface area (Å²) in [7, 11) is 1.58. The maximum absolute atomic E-state index is 12.5. The van der Waals surface area contributed by atoms with E-state index in [1.807, 2.05) is 17.7 Å². The summed E-state index contributed by atoms with van der Waals surface area (Å²) in [4.78, 5) is 12.5. The van der Waals surface area contributed by atoms with E-state index in [0.29, 0.717) is 23.2 Å². The van der Waals surface area contributed by atoms with Crippen molar-refractivity contribution in [3.63, 3.8) is 0 Å². The van der Waals surface area contributed by atoms with E-state index in [2.05, 4.69) is 36.9 Å². The number of amides is 1. The molecule has 1 saturated heterocycles. The van der Waals surface area contributed by atoms with Crippen molar-refractivity contribution in [2.45, 2.75) is 25.8 Å². The number of piperidine rings is 1. The Kier molecular flexibility index (Phi) is 6.80. The summed E-state index contributed by atoms with van der Waals surface area (Å²) in [5.41, 5.74) is 1.80. The summed E-state index contributed by atoms with van der Waals surface area (Å²) in [6.07, 6.45) is 1.99. The van der Waals surface area contributed by atoms with Crippen LogP contribution in [0.5, 0.6) is 5.75 Å². The van der Waals surface area contributed by atoms with E-state index in [0.717, 1.165) is 36.1 Å². The molecule has 136 valence electrons. The third kappa shape index (κ3) is 4.31. The van der Waals surface area contributed by atoms with Crippen molar-refractivity contribution in [3.8, 4) is 5.75 Å². The predicted octanol–water partition coefficient (Wildman–Crippen LogP) is 2.96. The van der Waals surface area contributed by atoms with Crippen LogP contribution in [0.1, 0.15) is 35.1 Å². The summed E-state index contributed by atoms with van der Waals surface area (Å²) in [5, 5.41) is 14.5. The molecule has 1 aliphatic rings. The number of anilines is 1. The zero-order chi connectivity index (χ0) is 17.1. The molecule has 2 heterocycles. The third-order valence-electron chi connectivity index (χ3n) is 4.21. The smallest absolute Gasteiger partial charge is 0.278 e. The Bertz CT molecular complexity index is 746. The fraction of sp³-hybridized carbons (Fsp3) is 0.438. The number of aromatic nitrogens is 3. The number of carbonyl (C=O) groups is 1. The van der Waals surface area contributed by atoms with Crippen molar-refractivity contribution in [1.29, 1.82) is 0 Å². The second kappa shape index (κ2) is 8.64. The zero-order valence-corrected chi connectivity index (χ0v) is 16.5. The Morgan fingerprint density at radius 2 is 2.12 bits per heavy atom. The van der Waals surface area contributed by atoms with Crippen LogP contribution in [0.25, 0.3) is 0 Å². The number of ether oxygens (including phenoxy) is 1. The lowest BCUT2D eigenvalue weighted by Crippen LogP contribution is -2.30. The maximum atomic E-state index is 12.5. The van der Waals surface area contributed by atoms with Crippen LogP contribution in [-0.2, 0) is 0 Å². The predicted molar refractivity (Wildman–Crippen MR) is 102 cm³/mol. The number of hydrogen-bond acceptors (Lipinski definition) is 5. The topological polar surface area (TPSA) is 81.1 Å². The number of carbonyl (C=O) groups excluding carboxylic acids is 1. The fourth-order valence-corrected chi connectivity index (χ4v) is 3.29. The van der Waals surface area contributed by atoms with E-state index in [9.17, 15) is 4.79 Å². The molecule has 1 aromatic carbocycles. The molecule has 7 nitrogen and oxygen atoms in total. The average molecular weight is 431 g/mol. The molecule has 0 radical (unpaired) electrons. The molecule has 9 heteroatoms. The minimum Gasteiger partial charge on any atom is -0.495 e. The molecule has 0 spiro atoms. The SMILES string of the molecule is COc1cc(NC(=O)c2nnn(C3CCNCC3)c2C)ccc1Br.Cl. The van der Waals surface area contributed by atoms with Crippen LogP contribution in [0.4, 0.5) is 5.69 Å². The normalized spacial score (nSPS) is 14.7. The van der Waals surface area contributed by atoms with Crippen molar-refractivity contribution in [2.75, 3.05) is 25.5 Å². The molecule has 0 saturated carbocycles. The molecular formula is C16H21BrClN5O2. The monoisotopic (exact) mass is 429 g/mol. The fourth-order valence-electron chi connectivity index (χ4n) is 2.88. The lowest BCUT2D eigenvalue weighted by molar-refractivity contribution is 0.102. The summed E-state index contributed by atoms with van der Waals surface area (Å²) in [6, 6.07) is 5.69. The van der Waals surface area contributed by atoms with Crippen LogP contribution < -0.4 is 15.4 Å². The van der Waals surface area contributed by atoms with Gasteiger partial charge in [0.2, 0.25) is 0 Å². The summed E-state index contributed by atoms with van der Waals surface area (Å²) in [5.74, 6) is 0.389. The van der Waals surface area contributed by atoms with E-state index in [1.54, 1.807) is 19.2 Å². The van der Waals surface area contributed by atoms with Gasteiger partial charge in [0.15, 0.2) is 5.69 Å². The zero-order valence-electron chi connectivity index (χ0n) is 14.1. The molecule has 1 fully saturated rings. The van der Waals surface area contributed by atoms with Crippen LogP contribution >= 0.6 is 28.3 Å². The van der Waals surface area contributed by atoms with Gasteiger partial charge in [0, 0.05) is 11.8 Å². The van der Waals surface area contributed by atoms with E-state index in [-0.39, 0.29) is 18.3 Å². The number of nitrogens with one attached hydrogen (secondary N) is 2. The van der Waals surface area contributed by atoms with Crippen LogP contribution in [-0.4, -0.2) is 41.1 Å². The molecule has 0 aliphatic carbocycles. The highest BCUT2D eigenvalue weighted by Crippen LogP contribution is 2.28. The number of benzene rings is 1. The van der Waals surface area contributed by atoms with Crippen LogP contribution in [0.15, 0.2) is 22.7 Å². The minimum atomic E-state index is -0.267. The second-order valence-electron chi connectivity index (χ2n) is 5.75. The average Bonchev–Trinajstić information content (AvgIpc) is 2.99. The van der Waals surface area contributed by atoms with Crippen LogP contribution in [0.2, 0.25) is 0 Å².